The second kappa shape index (κ2) is 10.0. The Balaban J connectivity index is 1.75. The van der Waals surface area contributed by atoms with Gasteiger partial charge in [0.1, 0.15) is 11.9 Å². The van der Waals surface area contributed by atoms with Crippen LogP contribution in [0.5, 0.6) is 0 Å². The van der Waals surface area contributed by atoms with Crippen molar-refractivity contribution in [3.05, 3.63) is 58.9 Å². The number of halogens is 1. The standard InChI is InChI=1S/C25H30FN3O2/c1-3-4-19-15-20(26)6-8-23(19)22-7-5-18(13-17(22)2)14-21(16-27)29-24(30)25(28)9-11-31-12-10-25/h5-8,13,15,21H,3-4,9-12,14,28H2,1-2H3,(H,29,30). The van der Waals surface area contributed by atoms with Gasteiger partial charge in [-0.3, -0.25) is 4.79 Å². The van der Waals surface area contributed by atoms with Gasteiger partial charge in [0, 0.05) is 19.6 Å². The van der Waals surface area contributed by atoms with E-state index < -0.39 is 11.6 Å². The van der Waals surface area contributed by atoms with Crippen molar-refractivity contribution in [2.24, 2.45) is 5.73 Å². The van der Waals surface area contributed by atoms with Gasteiger partial charge in [0.15, 0.2) is 0 Å². The predicted octanol–water partition coefficient (Wildman–Crippen LogP) is 3.81. The lowest BCUT2D eigenvalue weighted by Crippen LogP contribution is -2.58. The zero-order valence-electron chi connectivity index (χ0n) is 18.2. The lowest BCUT2D eigenvalue weighted by atomic mass is 9.89. The highest BCUT2D eigenvalue weighted by Crippen LogP contribution is 2.29. The Hall–Kier alpha value is -2.75. The number of ether oxygens (including phenoxy) is 1. The molecule has 1 atom stereocenters. The molecule has 1 aliphatic rings. The highest BCUT2D eigenvalue weighted by atomic mass is 19.1. The van der Waals surface area contributed by atoms with E-state index in [1.807, 2.05) is 31.2 Å². The van der Waals surface area contributed by atoms with Gasteiger partial charge in [-0.25, -0.2) is 4.39 Å². The molecule has 1 aliphatic heterocycles. The Morgan fingerprint density at radius 2 is 1.97 bits per heavy atom. The maximum absolute atomic E-state index is 13.7. The number of nitrogens with zero attached hydrogens (tertiary/aromatic N) is 1. The van der Waals surface area contributed by atoms with Gasteiger partial charge in [-0.1, -0.05) is 37.6 Å². The largest absolute Gasteiger partial charge is 0.381 e. The molecule has 1 heterocycles. The van der Waals surface area contributed by atoms with Crippen molar-refractivity contribution in [1.29, 1.82) is 5.26 Å². The Labute approximate surface area is 183 Å². The summed E-state index contributed by atoms with van der Waals surface area (Å²) in [6, 6.07) is 12.4. The van der Waals surface area contributed by atoms with Crippen molar-refractivity contribution in [3.8, 4) is 17.2 Å². The molecule has 6 heteroatoms. The molecule has 5 nitrogen and oxygen atoms in total. The number of amides is 1. The molecule has 1 unspecified atom stereocenters. The molecule has 0 aliphatic carbocycles. The third-order valence-electron chi connectivity index (χ3n) is 5.91. The number of nitrogens with one attached hydrogen (secondary N) is 1. The number of nitrogens with two attached hydrogens (primary N) is 1. The summed E-state index contributed by atoms with van der Waals surface area (Å²) in [5.41, 5.74) is 10.3. The van der Waals surface area contributed by atoms with E-state index >= 15 is 0 Å². The molecule has 2 aromatic rings. The molecule has 3 rings (SSSR count). The normalized spacial score (nSPS) is 16.4. The number of rotatable bonds is 7. The smallest absolute Gasteiger partial charge is 0.241 e. The zero-order valence-corrected chi connectivity index (χ0v) is 18.2. The number of hydrogen-bond acceptors (Lipinski definition) is 4. The maximum Gasteiger partial charge on any atom is 0.241 e. The average molecular weight is 424 g/mol. The van der Waals surface area contributed by atoms with E-state index in [1.54, 1.807) is 6.07 Å². The fourth-order valence-corrected chi connectivity index (χ4v) is 4.09. The van der Waals surface area contributed by atoms with Gasteiger partial charge in [-0.15, -0.1) is 0 Å². The van der Waals surface area contributed by atoms with Crippen LogP contribution in [0.2, 0.25) is 0 Å². The Bertz CT molecular complexity index is 977. The van der Waals surface area contributed by atoms with Crippen LogP contribution < -0.4 is 11.1 Å². The Kier molecular flexibility index (Phi) is 7.42. The first-order valence-corrected chi connectivity index (χ1v) is 10.8. The minimum atomic E-state index is -0.981. The van der Waals surface area contributed by atoms with E-state index in [2.05, 4.69) is 18.3 Å². The molecular formula is C25H30FN3O2. The molecule has 0 aromatic heterocycles. The molecule has 0 saturated carbocycles. The van der Waals surface area contributed by atoms with E-state index in [4.69, 9.17) is 10.5 Å². The van der Waals surface area contributed by atoms with E-state index in [9.17, 15) is 14.4 Å². The quantitative estimate of drug-likeness (QED) is 0.709. The molecule has 1 amide bonds. The fourth-order valence-electron chi connectivity index (χ4n) is 4.09. The van der Waals surface area contributed by atoms with Crippen molar-refractivity contribution >= 4 is 5.91 Å². The van der Waals surface area contributed by atoms with Crippen molar-refractivity contribution in [1.82, 2.24) is 5.32 Å². The minimum absolute atomic E-state index is 0.226. The van der Waals surface area contributed by atoms with Gasteiger partial charge in [0.25, 0.3) is 0 Å². The maximum atomic E-state index is 13.7. The molecule has 1 saturated heterocycles. The van der Waals surface area contributed by atoms with Crippen molar-refractivity contribution in [3.63, 3.8) is 0 Å². The summed E-state index contributed by atoms with van der Waals surface area (Å²) in [6.07, 6.45) is 3.03. The number of carbonyl (C=O) groups is 1. The van der Waals surface area contributed by atoms with Crippen molar-refractivity contribution < 1.29 is 13.9 Å². The molecule has 3 N–H and O–H groups in total. The summed E-state index contributed by atoms with van der Waals surface area (Å²) in [7, 11) is 0. The molecule has 2 aromatic carbocycles. The van der Waals surface area contributed by atoms with Crippen LogP contribution in [0.3, 0.4) is 0 Å². The second-order valence-corrected chi connectivity index (χ2v) is 8.33. The van der Waals surface area contributed by atoms with Crippen molar-refractivity contribution in [2.45, 2.75) is 57.5 Å². The first-order chi connectivity index (χ1) is 14.9. The highest BCUT2D eigenvalue weighted by molar-refractivity contribution is 5.86. The molecular weight excluding hydrogens is 393 g/mol. The van der Waals surface area contributed by atoms with Crippen LogP contribution in [0.1, 0.15) is 42.9 Å². The molecule has 0 bridgehead atoms. The molecule has 164 valence electrons. The third-order valence-corrected chi connectivity index (χ3v) is 5.91. The van der Waals surface area contributed by atoms with Gasteiger partial charge in [0.2, 0.25) is 5.91 Å². The number of carbonyl (C=O) groups excluding carboxylic acids is 1. The summed E-state index contributed by atoms with van der Waals surface area (Å²) >= 11 is 0. The molecule has 1 fully saturated rings. The lowest BCUT2D eigenvalue weighted by Gasteiger charge is -2.32. The number of nitriles is 1. The van der Waals surface area contributed by atoms with Crippen LogP contribution in [0, 0.1) is 24.1 Å². The molecule has 0 radical (unpaired) electrons. The highest BCUT2D eigenvalue weighted by Gasteiger charge is 2.36. The summed E-state index contributed by atoms with van der Waals surface area (Å²) < 4.78 is 19.0. The summed E-state index contributed by atoms with van der Waals surface area (Å²) in [5, 5.41) is 12.4. The van der Waals surface area contributed by atoms with Crippen LogP contribution in [-0.4, -0.2) is 30.7 Å². The number of benzene rings is 2. The lowest BCUT2D eigenvalue weighted by molar-refractivity contribution is -0.130. The van der Waals surface area contributed by atoms with Crippen LogP contribution >= 0.6 is 0 Å². The molecule has 0 spiro atoms. The third kappa shape index (κ3) is 5.49. The first kappa shape index (κ1) is 22.9. The van der Waals surface area contributed by atoms with E-state index in [0.717, 1.165) is 40.7 Å². The monoisotopic (exact) mass is 423 g/mol. The van der Waals surface area contributed by atoms with Crippen LogP contribution in [0.15, 0.2) is 36.4 Å². The summed E-state index contributed by atoms with van der Waals surface area (Å²) in [5.74, 6) is -0.525. The van der Waals surface area contributed by atoms with Gasteiger partial charge < -0.3 is 15.8 Å². The second-order valence-electron chi connectivity index (χ2n) is 8.33. The van der Waals surface area contributed by atoms with Crippen LogP contribution in [0.4, 0.5) is 4.39 Å². The summed E-state index contributed by atoms with van der Waals surface area (Å²) in [4.78, 5) is 12.6. The topological polar surface area (TPSA) is 88.1 Å². The average Bonchev–Trinajstić information content (AvgIpc) is 2.75. The van der Waals surface area contributed by atoms with Gasteiger partial charge >= 0.3 is 0 Å². The Morgan fingerprint density at radius 1 is 1.26 bits per heavy atom. The minimum Gasteiger partial charge on any atom is -0.381 e. The zero-order chi connectivity index (χ0) is 22.4. The first-order valence-electron chi connectivity index (χ1n) is 10.8. The fraction of sp³-hybridized carbons (Fsp3) is 0.440. The van der Waals surface area contributed by atoms with E-state index in [-0.39, 0.29) is 11.7 Å². The van der Waals surface area contributed by atoms with Gasteiger partial charge in [0.05, 0.1) is 11.6 Å². The van der Waals surface area contributed by atoms with Crippen LogP contribution in [-0.2, 0) is 22.4 Å². The SMILES string of the molecule is CCCc1cc(F)ccc1-c1ccc(CC(C#N)NC(=O)C2(N)CCOCC2)cc1C. The Morgan fingerprint density at radius 3 is 2.61 bits per heavy atom. The summed E-state index contributed by atoms with van der Waals surface area (Å²) in [6.45, 7) is 4.98. The number of aryl methyl sites for hydroxylation is 2. The van der Waals surface area contributed by atoms with Crippen molar-refractivity contribution in [2.75, 3.05) is 13.2 Å². The van der Waals surface area contributed by atoms with Crippen LogP contribution in [0.25, 0.3) is 11.1 Å². The van der Waals surface area contributed by atoms with E-state index in [1.165, 1.54) is 6.07 Å². The van der Waals surface area contributed by atoms with Gasteiger partial charge in [-0.2, -0.15) is 5.26 Å². The van der Waals surface area contributed by atoms with E-state index in [0.29, 0.717) is 32.5 Å². The number of hydrogen-bond donors (Lipinski definition) is 2. The molecule has 31 heavy (non-hydrogen) atoms. The van der Waals surface area contributed by atoms with Gasteiger partial charge in [-0.05, 0) is 66.1 Å². The predicted molar refractivity (Wildman–Crippen MR) is 119 cm³/mol.